The van der Waals surface area contributed by atoms with Gasteiger partial charge >= 0.3 is 12.0 Å². The van der Waals surface area contributed by atoms with E-state index in [0.717, 1.165) is 5.56 Å². The molecule has 5 heteroatoms. The number of nitrogens with zero attached hydrogens (tertiary/aromatic N) is 2. The van der Waals surface area contributed by atoms with Crippen LogP contribution in [0.5, 0.6) is 0 Å². The van der Waals surface area contributed by atoms with E-state index < -0.39 is 6.09 Å². The van der Waals surface area contributed by atoms with Crippen LogP contribution in [0, 0.1) is 0 Å². The maximum absolute atomic E-state index is 12.2. The summed E-state index contributed by atoms with van der Waals surface area (Å²) in [5.41, 5.74) is 0.866. The van der Waals surface area contributed by atoms with Crippen LogP contribution in [-0.4, -0.2) is 34.6 Å². The zero-order valence-electron chi connectivity index (χ0n) is 10.6. The summed E-state index contributed by atoms with van der Waals surface area (Å²) >= 11 is 0. The Hall–Kier alpha value is -1.75. The summed E-state index contributed by atoms with van der Waals surface area (Å²) in [5.74, 6) is -0.0711. The molecule has 2 atom stereocenters. The lowest BCUT2D eigenvalue weighted by Gasteiger charge is -2.31. The summed E-state index contributed by atoms with van der Waals surface area (Å²) in [6, 6.07) is 3.62. The van der Waals surface area contributed by atoms with Crippen LogP contribution in [0.1, 0.15) is 25.3 Å². The highest BCUT2D eigenvalue weighted by atomic mass is 16.5. The average Bonchev–Trinajstić information content (AvgIpc) is 2.68. The topological polar surface area (TPSA) is 56.3 Å². The van der Waals surface area contributed by atoms with Gasteiger partial charge < -0.3 is 4.74 Å². The molecule has 1 saturated heterocycles. The minimum atomic E-state index is -0.478. The molecule has 1 fully saturated rings. The molecule has 5 nitrogen and oxygen atoms in total. The molecule has 18 heavy (non-hydrogen) atoms. The van der Waals surface area contributed by atoms with Crippen molar-refractivity contribution in [3.05, 3.63) is 30.1 Å². The number of rotatable bonds is 2. The van der Waals surface area contributed by atoms with Gasteiger partial charge in [0.05, 0.1) is 13.5 Å². The first-order valence-electron chi connectivity index (χ1n) is 6.00. The van der Waals surface area contributed by atoms with Crippen LogP contribution >= 0.6 is 0 Å². The van der Waals surface area contributed by atoms with Crippen molar-refractivity contribution < 1.29 is 18.8 Å². The zero-order chi connectivity index (χ0) is 13.2. The van der Waals surface area contributed by atoms with Gasteiger partial charge in [-0.2, -0.15) is 9.28 Å². The van der Waals surface area contributed by atoms with Crippen LogP contribution in [0.2, 0.25) is 0 Å². The maximum Gasteiger partial charge on any atom is 0.523 e. The molecule has 1 unspecified atom stereocenters. The minimum absolute atomic E-state index is 0.0508. The fourth-order valence-electron chi connectivity index (χ4n) is 2.53. The van der Waals surface area contributed by atoms with Crippen LogP contribution in [-0.2, 0) is 16.1 Å². The second kappa shape index (κ2) is 4.86. The Kier molecular flexibility index (Phi) is 3.43. The van der Waals surface area contributed by atoms with Crippen molar-refractivity contribution in [1.29, 1.82) is 0 Å². The van der Waals surface area contributed by atoms with Crippen LogP contribution in [0.15, 0.2) is 24.5 Å². The van der Waals surface area contributed by atoms with E-state index in [1.54, 1.807) is 18.5 Å². The summed E-state index contributed by atoms with van der Waals surface area (Å²) in [6.07, 6.45) is 4.02. The molecule has 1 aromatic rings. The molecular weight excluding hydrogens is 232 g/mol. The Labute approximate surface area is 106 Å². The van der Waals surface area contributed by atoms with E-state index in [1.165, 1.54) is 7.11 Å². The fourth-order valence-corrected chi connectivity index (χ4v) is 2.53. The molecule has 2 heterocycles. The largest absolute Gasteiger partial charge is 0.523 e. The van der Waals surface area contributed by atoms with E-state index in [9.17, 15) is 9.59 Å². The first-order valence-corrected chi connectivity index (χ1v) is 6.00. The predicted octanol–water partition coefficient (Wildman–Crippen LogP) is 1.87. The molecule has 0 N–H and O–H groups in total. The van der Waals surface area contributed by atoms with Crippen LogP contribution in [0.4, 0.5) is 4.79 Å². The number of carbonyl (C=O) groups is 2. The number of pyridine rings is 1. The van der Waals surface area contributed by atoms with Gasteiger partial charge in [0.1, 0.15) is 12.6 Å². The van der Waals surface area contributed by atoms with E-state index in [1.807, 2.05) is 13.0 Å². The number of aromatic nitrogens is 1. The maximum atomic E-state index is 12.2. The molecule has 0 radical (unpaired) electrons. The number of carbonyl (C=O) groups excluding carboxylic acids is 2. The second-order valence-corrected chi connectivity index (χ2v) is 4.64. The highest BCUT2D eigenvalue weighted by molar-refractivity contribution is 5.82. The summed E-state index contributed by atoms with van der Waals surface area (Å²) in [7, 11) is 1.32. The normalized spacial score (nSPS) is 27.2. The van der Waals surface area contributed by atoms with Crippen molar-refractivity contribution in [3.8, 4) is 0 Å². The predicted molar refractivity (Wildman–Crippen MR) is 64.3 cm³/mol. The molecule has 96 valence electrons. The van der Waals surface area contributed by atoms with E-state index in [2.05, 4.69) is 4.98 Å². The number of imide groups is 1. The van der Waals surface area contributed by atoms with Gasteiger partial charge in [-0.15, -0.1) is 0 Å². The third-order valence-electron chi connectivity index (χ3n) is 3.63. The third kappa shape index (κ3) is 1.90. The van der Waals surface area contributed by atoms with Crippen molar-refractivity contribution in [2.45, 2.75) is 32.4 Å². The quantitative estimate of drug-likeness (QED) is 0.751. The lowest BCUT2D eigenvalue weighted by molar-refractivity contribution is -0.811. The van der Waals surface area contributed by atoms with Crippen molar-refractivity contribution in [2.24, 2.45) is 0 Å². The van der Waals surface area contributed by atoms with E-state index in [-0.39, 0.29) is 16.4 Å². The minimum Gasteiger partial charge on any atom is -0.423 e. The molecular formula is C13H17N2O3+. The van der Waals surface area contributed by atoms with Crippen molar-refractivity contribution in [2.75, 3.05) is 7.11 Å². The number of ether oxygens (including phenoxy) is 1. The standard InChI is InChI=1S/C13H17N2O3/c1-10-5-6-12(16)15(10,13(17)18-2)9-11-4-3-7-14-8-11/h3-4,7-8,10H,5-6,9H2,1-2H3/q+1/t10-,15?/m1/s1. The molecule has 2 rings (SSSR count). The average molecular weight is 249 g/mol. The van der Waals surface area contributed by atoms with Crippen molar-refractivity contribution in [3.63, 3.8) is 0 Å². The van der Waals surface area contributed by atoms with Gasteiger partial charge in [0.25, 0.3) is 0 Å². The number of likely N-dealkylation sites (tertiary alicyclic amines) is 1. The van der Waals surface area contributed by atoms with E-state index in [0.29, 0.717) is 19.4 Å². The summed E-state index contributed by atoms with van der Waals surface area (Å²) in [4.78, 5) is 28.3. The van der Waals surface area contributed by atoms with Crippen LogP contribution in [0.3, 0.4) is 0 Å². The summed E-state index contributed by atoms with van der Waals surface area (Å²) < 4.78 is 4.59. The Morgan fingerprint density at radius 2 is 2.39 bits per heavy atom. The summed E-state index contributed by atoms with van der Waals surface area (Å²) in [6.45, 7) is 2.23. The fraction of sp³-hybridized carbons (Fsp3) is 0.462. The Bertz CT molecular complexity index is 461. The van der Waals surface area contributed by atoms with Gasteiger partial charge in [-0.05, 0) is 13.0 Å². The summed E-state index contributed by atoms with van der Waals surface area (Å²) in [5, 5.41) is 0. The number of amides is 2. The Balaban J connectivity index is 2.37. The molecule has 1 aromatic heterocycles. The SMILES string of the molecule is COC(=O)[N+]1(Cc2cccnc2)C(=O)CC[C@H]1C. The monoisotopic (exact) mass is 249 g/mol. The molecule has 2 amide bonds. The van der Waals surface area contributed by atoms with Crippen molar-refractivity contribution >= 4 is 12.0 Å². The van der Waals surface area contributed by atoms with E-state index >= 15 is 0 Å². The van der Waals surface area contributed by atoms with Gasteiger partial charge in [-0.25, -0.2) is 4.79 Å². The number of quaternary nitrogens is 1. The lowest BCUT2D eigenvalue weighted by atomic mass is 10.2. The smallest absolute Gasteiger partial charge is 0.423 e. The molecule has 0 saturated carbocycles. The van der Waals surface area contributed by atoms with Gasteiger partial charge in [-0.3, -0.25) is 4.98 Å². The molecule has 1 aliphatic heterocycles. The lowest BCUT2D eigenvalue weighted by Crippen LogP contribution is -2.57. The first kappa shape index (κ1) is 12.7. The number of hydrogen-bond acceptors (Lipinski definition) is 4. The number of hydrogen-bond donors (Lipinski definition) is 0. The highest BCUT2D eigenvalue weighted by Crippen LogP contribution is 2.32. The molecule has 0 aromatic carbocycles. The van der Waals surface area contributed by atoms with Gasteiger partial charge in [0.15, 0.2) is 0 Å². The highest BCUT2D eigenvalue weighted by Gasteiger charge is 2.54. The van der Waals surface area contributed by atoms with Gasteiger partial charge in [0.2, 0.25) is 0 Å². The van der Waals surface area contributed by atoms with Crippen LogP contribution < -0.4 is 0 Å². The van der Waals surface area contributed by atoms with Crippen LogP contribution in [0.25, 0.3) is 0 Å². The molecule has 0 spiro atoms. The second-order valence-electron chi connectivity index (χ2n) is 4.64. The van der Waals surface area contributed by atoms with Gasteiger partial charge in [0, 0.05) is 24.4 Å². The third-order valence-corrected chi connectivity index (χ3v) is 3.63. The Morgan fingerprint density at radius 1 is 1.61 bits per heavy atom. The molecule has 0 aliphatic carbocycles. The molecule has 0 bridgehead atoms. The molecule has 1 aliphatic rings. The number of methoxy groups -OCH3 is 1. The zero-order valence-corrected chi connectivity index (χ0v) is 10.6. The Morgan fingerprint density at radius 3 is 2.89 bits per heavy atom. The first-order chi connectivity index (χ1) is 8.61. The van der Waals surface area contributed by atoms with E-state index in [4.69, 9.17) is 4.74 Å². The van der Waals surface area contributed by atoms with Crippen molar-refractivity contribution in [1.82, 2.24) is 4.98 Å². The van der Waals surface area contributed by atoms with Gasteiger partial charge in [-0.1, -0.05) is 6.07 Å².